The first-order valence-corrected chi connectivity index (χ1v) is 8.63. The number of ether oxygens (including phenoxy) is 3. The number of morpholine rings is 1. The highest BCUT2D eigenvalue weighted by Gasteiger charge is 2.21. The minimum Gasteiger partial charge on any atom is -0.378 e. The van der Waals surface area contributed by atoms with Gasteiger partial charge in [0.25, 0.3) is 0 Å². The molecular weight excluding hydrogens is 334 g/mol. The third-order valence-electron chi connectivity index (χ3n) is 4.23. The van der Waals surface area contributed by atoms with Crippen LogP contribution in [0.5, 0.6) is 0 Å². The maximum atomic E-state index is 6.15. The summed E-state index contributed by atoms with van der Waals surface area (Å²) < 4.78 is 18.6. The minimum absolute atomic E-state index is 0.160. The van der Waals surface area contributed by atoms with Crippen molar-refractivity contribution in [2.75, 3.05) is 44.4 Å². The Labute approximate surface area is 144 Å². The number of hydrogen-bond acceptors (Lipinski definition) is 7. The predicted molar refractivity (Wildman–Crippen MR) is 88.3 cm³/mol. The number of aryl methyl sites for hydroxylation is 1. The van der Waals surface area contributed by atoms with Crippen LogP contribution in [0.2, 0.25) is 5.28 Å². The largest absolute Gasteiger partial charge is 0.378 e. The lowest BCUT2D eigenvalue weighted by atomic mass is 10.3. The normalized spacial score (nSPS) is 20.0. The molecule has 0 amide bonds. The zero-order chi connectivity index (χ0) is 16.4. The molecule has 4 rings (SSSR count). The molecule has 8 nitrogen and oxygen atoms in total. The molecule has 0 spiro atoms. The number of imidazole rings is 1. The van der Waals surface area contributed by atoms with E-state index in [0.29, 0.717) is 19.8 Å². The molecule has 0 radical (unpaired) electrons. The van der Waals surface area contributed by atoms with E-state index in [4.69, 9.17) is 25.8 Å². The van der Waals surface area contributed by atoms with E-state index < -0.39 is 0 Å². The Balaban J connectivity index is 1.57. The molecule has 2 aromatic heterocycles. The van der Waals surface area contributed by atoms with Gasteiger partial charge in [0, 0.05) is 26.1 Å². The van der Waals surface area contributed by atoms with Crippen molar-refractivity contribution in [3.8, 4) is 0 Å². The van der Waals surface area contributed by atoms with Crippen LogP contribution in [0.3, 0.4) is 0 Å². The van der Waals surface area contributed by atoms with Crippen molar-refractivity contribution in [2.45, 2.75) is 25.7 Å². The molecule has 2 aliphatic rings. The highest BCUT2D eigenvalue weighted by molar-refractivity contribution is 6.28. The van der Waals surface area contributed by atoms with Crippen LogP contribution in [-0.4, -0.2) is 65.3 Å². The molecule has 0 unspecified atom stereocenters. The van der Waals surface area contributed by atoms with Gasteiger partial charge in [-0.2, -0.15) is 9.97 Å². The monoisotopic (exact) mass is 353 g/mol. The summed E-state index contributed by atoms with van der Waals surface area (Å²) in [5, 5.41) is 0.232. The fraction of sp³-hybridized carbons (Fsp3) is 0.667. The van der Waals surface area contributed by atoms with Crippen molar-refractivity contribution in [1.82, 2.24) is 19.5 Å². The van der Waals surface area contributed by atoms with Gasteiger partial charge >= 0.3 is 0 Å². The number of aromatic nitrogens is 4. The molecule has 0 bridgehead atoms. The van der Waals surface area contributed by atoms with Gasteiger partial charge in [-0.25, -0.2) is 4.98 Å². The van der Waals surface area contributed by atoms with Crippen LogP contribution < -0.4 is 4.90 Å². The van der Waals surface area contributed by atoms with Gasteiger partial charge < -0.3 is 23.7 Å². The lowest BCUT2D eigenvalue weighted by molar-refractivity contribution is -0.182. The number of rotatable bonds is 4. The lowest BCUT2D eigenvalue weighted by Gasteiger charge is -2.27. The second kappa shape index (κ2) is 7.18. The fourth-order valence-corrected chi connectivity index (χ4v) is 3.17. The lowest BCUT2D eigenvalue weighted by Crippen LogP contribution is -2.37. The average molecular weight is 354 g/mol. The number of nitrogens with zero attached hydrogens (tertiary/aromatic N) is 5. The van der Waals surface area contributed by atoms with Crippen molar-refractivity contribution < 1.29 is 14.2 Å². The Morgan fingerprint density at radius 1 is 1.12 bits per heavy atom. The van der Waals surface area contributed by atoms with Crippen LogP contribution in [0.4, 0.5) is 5.82 Å². The molecule has 24 heavy (non-hydrogen) atoms. The second-order valence-corrected chi connectivity index (χ2v) is 6.18. The molecule has 0 aliphatic carbocycles. The first-order valence-electron chi connectivity index (χ1n) is 8.25. The standard InChI is InChI=1S/C15H20ClN5O3/c16-15-18-13(20-4-8-22-9-5-20)12-14(19-15)21(10-17-12)3-2-11-23-6-1-7-24-11/h10-11H,1-9H2. The van der Waals surface area contributed by atoms with E-state index in [1.165, 1.54) is 0 Å². The number of anilines is 1. The average Bonchev–Trinajstić information content (AvgIpc) is 3.03. The first-order chi connectivity index (χ1) is 11.8. The smallest absolute Gasteiger partial charge is 0.226 e. The van der Waals surface area contributed by atoms with Crippen molar-refractivity contribution in [2.24, 2.45) is 0 Å². The highest BCUT2D eigenvalue weighted by Crippen LogP contribution is 2.25. The predicted octanol–water partition coefficient (Wildman–Crippen LogP) is 1.47. The minimum atomic E-state index is -0.160. The maximum Gasteiger partial charge on any atom is 0.226 e. The van der Waals surface area contributed by atoms with E-state index in [1.54, 1.807) is 6.33 Å². The summed E-state index contributed by atoms with van der Waals surface area (Å²) in [5.41, 5.74) is 1.51. The molecule has 2 saturated heterocycles. The van der Waals surface area contributed by atoms with Gasteiger partial charge in [-0.3, -0.25) is 0 Å². The summed E-state index contributed by atoms with van der Waals surface area (Å²) >= 11 is 6.15. The van der Waals surface area contributed by atoms with E-state index in [0.717, 1.165) is 56.1 Å². The van der Waals surface area contributed by atoms with Gasteiger partial charge in [0.2, 0.25) is 5.28 Å². The third-order valence-corrected chi connectivity index (χ3v) is 4.40. The van der Waals surface area contributed by atoms with Crippen molar-refractivity contribution in [3.63, 3.8) is 0 Å². The summed E-state index contributed by atoms with van der Waals surface area (Å²) in [6.45, 7) is 5.13. The van der Waals surface area contributed by atoms with Gasteiger partial charge in [0.05, 0.1) is 32.8 Å². The molecule has 2 aromatic rings. The molecular formula is C15H20ClN5O3. The molecule has 4 heterocycles. The van der Waals surface area contributed by atoms with Crippen LogP contribution >= 0.6 is 11.6 Å². The fourth-order valence-electron chi connectivity index (χ4n) is 3.01. The summed E-state index contributed by atoms with van der Waals surface area (Å²) in [4.78, 5) is 15.4. The SMILES string of the molecule is Clc1nc(N2CCOCC2)c2ncn(CCC3OCCCO3)c2n1. The Morgan fingerprint density at radius 2 is 1.92 bits per heavy atom. The molecule has 0 aromatic carbocycles. The van der Waals surface area contributed by atoms with E-state index in [-0.39, 0.29) is 11.6 Å². The Morgan fingerprint density at radius 3 is 2.71 bits per heavy atom. The van der Waals surface area contributed by atoms with Crippen molar-refractivity contribution in [1.29, 1.82) is 0 Å². The van der Waals surface area contributed by atoms with Crippen LogP contribution in [0.1, 0.15) is 12.8 Å². The highest BCUT2D eigenvalue weighted by atomic mass is 35.5. The quantitative estimate of drug-likeness (QED) is 0.770. The molecule has 130 valence electrons. The summed E-state index contributed by atoms with van der Waals surface area (Å²) in [6.07, 6.45) is 3.32. The zero-order valence-corrected chi connectivity index (χ0v) is 14.1. The Hall–Kier alpha value is -1.48. The van der Waals surface area contributed by atoms with Crippen LogP contribution in [0.15, 0.2) is 6.33 Å². The zero-order valence-electron chi connectivity index (χ0n) is 13.4. The van der Waals surface area contributed by atoms with E-state index >= 15 is 0 Å². The maximum absolute atomic E-state index is 6.15. The molecule has 0 saturated carbocycles. The topological polar surface area (TPSA) is 74.5 Å². The molecule has 0 atom stereocenters. The molecule has 0 N–H and O–H groups in total. The first kappa shape index (κ1) is 16.0. The van der Waals surface area contributed by atoms with E-state index in [1.807, 2.05) is 4.57 Å². The Bertz CT molecular complexity index is 698. The van der Waals surface area contributed by atoms with Crippen LogP contribution in [0.25, 0.3) is 11.2 Å². The Kier molecular flexibility index (Phi) is 4.79. The van der Waals surface area contributed by atoms with E-state index in [9.17, 15) is 0 Å². The summed E-state index contributed by atoms with van der Waals surface area (Å²) in [5.74, 6) is 0.775. The molecule has 2 fully saturated rings. The second-order valence-electron chi connectivity index (χ2n) is 5.84. The number of hydrogen-bond donors (Lipinski definition) is 0. The van der Waals surface area contributed by atoms with Gasteiger partial charge in [-0.1, -0.05) is 0 Å². The van der Waals surface area contributed by atoms with Crippen molar-refractivity contribution >= 4 is 28.6 Å². The number of halogens is 1. The van der Waals surface area contributed by atoms with Crippen molar-refractivity contribution in [3.05, 3.63) is 11.6 Å². The van der Waals surface area contributed by atoms with Gasteiger partial charge in [0.1, 0.15) is 0 Å². The van der Waals surface area contributed by atoms with E-state index in [2.05, 4.69) is 19.9 Å². The van der Waals surface area contributed by atoms with Crippen LogP contribution in [-0.2, 0) is 20.8 Å². The van der Waals surface area contributed by atoms with Gasteiger partial charge in [0.15, 0.2) is 23.3 Å². The molecule has 2 aliphatic heterocycles. The van der Waals surface area contributed by atoms with Gasteiger partial charge in [-0.05, 0) is 18.0 Å². The summed E-state index contributed by atoms with van der Waals surface area (Å²) in [6, 6.07) is 0. The van der Waals surface area contributed by atoms with Crippen LogP contribution in [0, 0.1) is 0 Å². The third kappa shape index (κ3) is 3.32. The van der Waals surface area contributed by atoms with Gasteiger partial charge in [-0.15, -0.1) is 0 Å². The number of fused-ring (bicyclic) bond motifs is 1. The summed E-state index contributed by atoms with van der Waals surface area (Å²) in [7, 11) is 0. The molecule has 9 heteroatoms.